The van der Waals surface area contributed by atoms with E-state index in [4.69, 9.17) is 4.52 Å². The first kappa shape index (κ1) is 16.6. The standard InChI is InChI=1S/C17H16N4O4/c1-10(2)14-8-11(25-20-14)9-19-17(22)13-5-6-15(21(23)24)12-4-3-7-18-16(12)13/h3-8,10H,9H2,1-2H3,(H,19,22). The number of benzene rings is 1. The fraction of sp³-hybridized carbons (Fsp3) is 0.235. The van der Waals surface area contributed by atoms with Crippen molar-refractivity contribution in [2.24, 2.45) is 0 Å². The molecule has 0 spiro atoms. The molecule has 0 saturated carbocycles. The molecule has 0 unspecified atom stereocenters. The minimum Gasteiger partial charge on any atom is -0.359 e. The van der Waals surface area contributed by atoms with Crippen LogP contribution >= 0.6 is 0 Å². The summed E-state index contributed by atoms with van der Waals surface area (Å²) in [6, 6.07) is 7.67. The predicted octanol–water partition coefficient (Wildman–Crippen LogP) is 3.18. The summed E-state index contributed by atoms with van der Waals surface area (Å²) >= 11 is 0. The zero-order valence-electron chi connectivity index (χ0n) is 13.7. The van der Waals surface area contributed by atoms with Crippen LogP contribution in [0, 0.1) is 10.1 Å². The van der Waals surface area contributed by atoms with E-state index in [9.17, 15) is 14.9 Å². The molecule has 0 fully saturated rings. The monoisotopic (exact) mass is 340 g/mol. The first-order valence-electron chi connectivity index (χ1n) is 7.73. The molecule has 3 rings (SSSR count). The summed E-state index contributed by atoms with van der Waals surface area (Å²) in [5, 5.41) is 18.1. The zero-order chi connectivity index (χ0) is 18.0. The number of pyridine rings is 1. The van der Waals surface area contributed by atoms with Gasteiger partial charge in [0.25, 0.3) is 11.6 Å². The lowest BCUT2D eigenvalue weighted by Gasteiger charge is -2.06. The number of non-ortho nitro benzene ring substituents is 1. The SMILES string of the molecule is CC(C)c1cc(CNC(=O)c2ccc([N+](=O)[O-])c3cccnc23)on1. The van der Waals surface area contributed by atoms with Crippen molar-refractivity contribution in [2.45, 2.75) is 26.3 Å². The minimum absolute atomic E-state index is 0.0866. The van der Waals surface area contributed by atoms with E-state index < -0.39 is 4.92 Å². The van der Waals surface area contributed by atoms with Gasteiger partial charge in [-0.05, 0) is 24.1 Å². The van der Waals surface area contributed by atoms with Crippen LogP contribution in [0.1, 0.15) is 41.6 Å². The molecular weight excluding hydrogens is 324 g/mol. The molecule has 0 bridgehead atoms. The van der Waals surface area contributed by atoms with Crippen LogP contribution in [0.25, 0.3) is 10.9 Å². The normalized spacial score (nSPS) is 11.0. The highest BCUT2D eigenvalue weighted by Gasteiger charge is 2.19. The first-order chi connectivity index (χ1) is 12.0. The first-order valence-corrected chi connectivity index (χ1v) is 7.73. The third kappa shape index (κ3) is 3.32. The molecule has 25 heavy (non-hydrogen) atoms. The highest BCUT2D eigenvalue weighted by atomic mass is 16.6. The fourth-order valence-corrected chi connectivity index (χ4v) is 2.45. The number of hydrogen-bond donors (Lipinski definition) is 1. The van der Waals surface area contributed by atoms with Gasteiger partial charge in [-0.1, -0.05) is 19.0 Å². The molecule has 0 aliphatic carbocycles. The Morgan fingerprint density at radius 1 is 1.36 bits per heavy atom. The van der Waals surface area contributed by atoms with Crippen LogP contribution in [0.15, 0.2) is 41.1 Å². The number of aromatic nitrogens is 2. The summed E-state index contributed by atoms with van der Waals surface area (Å²) in [6.07, 6.45) is 1.49. The lowest BCUT2D eigenvalue weighted by Crippen LogP contribution is -2.23. The largest absolute Gasteiger partial charge is 0.359 e. The fourth-order valence-electron chi connectivity index (χ4n) is 2.45. The van der Waals surface area contributed by atoms with Crippen molar-refractivity contribution >= 4 is 22.5 Å². The second kappa shape index (κ2) is 6.68. The second-order valence-electron chi connectivity index (χ2n) is 5.84. The highest BCUT2D eigenvalue weighted by Crippen LogP contribution is 2.26. The van der Waals surface area contributed by atoms with Gasteiger partial charge in [0.15, 0.2) is 5.76 Å². The average molecular weight is 340 g/mol. The number of nitrogens with one attached hydrogen (secondary N) is 1. The predicted molar refractivity (Wildman–Crippen MR) is 90.2 cm³/mol. The van der Waals surface area contributed by atoms with E-state index in [-0.39, 0.29) is 35.1 Å². The van der Waals surface area contributed by atoms with Gasteiger partial charge >= 0.3 is 0 Å². The Hall–Kier alpha value is -3.29. The topological polar surface area (TPSA) is 111 Å². The number of nitro benzene ring substituents is 1. The summed E-state index contributed by atoms with van der Waals surface area (Å²) in [5.41, 5.74) is 1.28. The molecule has 128 valence electrons. The molecule has 1 amide bonds. The van der Waals surface area contributed by atoms with Gasteiger partial charge in [0.1, 0.15) is 0 Å². The van der Waals surface area contributed by atoms with Gasteiger partial charge in [-0.15, -0.1) is 0 Å². The van der Waals surface area contributed by atoms with Gasteiger partial charge in [0.2, 0.25) is 0 Å². The van der Waals surface area contributed by atoms with Gasteiger partial charge in [-0.3, -0.25) is 19.9 Å². The van der Waals surface area contributed by atoms with E-state index in [0.717, 1.165) is 5.69 Å². The number of fused-ring (bicyclic) bond motifs is 1. The molecule has 0 aliphatic rings. The molecule has 0 saturated heterocycles. The number of amides is 1. The number of hydrogen-bond acceptors (Lipinski definition) is 6. The smallest absolute Gasteiger partial charge is 0.278 e. The van der Waals surface area contributed by atoms with Crippen molar-refractivity contribution < 1.29 is 14.2 Å². The number of carbonyl (C=O) groups excluding carboxylic acids is 1. The Labute approximate surface area is 143 Å². The van der Waals surface area contributed by atoms with E-state index in [1.807, 2.05) is 13.8 Å². The summed E-state index contributed by atoms with van der Waals surface area (Å²) in [7, 11) is 0. The van der Waals surface area contributed by atoms with Gasteiger partial charge in [-0.2, -0.15) is 0 Å². The Morgan fingerprint density at radius 3 is 2.84 bits per heavy atom. The number of carbonyl (C=O) groups is 1. The molecule has 3 aromatic rings. The summed E-state index contributed by atoms with van der Waals surface area (Å²) in [5.74, 6) is 0.383. The third-order valence-corrected chi connectivity index (χ3v) is 3.78. The van der Waals surface area contributed by atoms with Gasteiger partial charge in [-0.25, -0.2) is 0 Å². The second-order valence-corrected chi connectivity index (χ2v) is 5.84. The Kier molecular flexibility index (Phi) is 4.42. The van der Waals surface area contributed by atoms with Crippen LogP contribution in [-0.4, -0.2) is 21.0 Å². The quantitative estimate of drug-likeness (QED) is 0.564. The van der Waals surface area contributed by atoms with Crippen molar-refractivity contribution in [2.75, 3.05) is 0 Å². The van der Waals surface area contributed by atoms with E-state index in [2.05, 4.69) is 15.5 Å². The summed E-state index contributed by atoms with van der Waals surface area (Å²) in [4.78, 5) is 27.2. The maximum absolute atomic E-state index is 12.5. The van der Waals surface area contributed by atoms with E-state index in [1.165, 1.54) is 18.3 Å². The Morgan fingerprint density at radius 2 is 2.16 bits per heavy atom. The van der Waals surface area contributed by atoms with Crippen LogP contribution < -0.4 is 5.32 Å². The molecule has 8 heteroatoms. The van der Waals surface area contributed by atoms with Crippen LogP contribution in [0.2, 0.25) is 0 Å². The average Bonchev–Trinajstić information content (AvgIpc) is 3.08. The third-order valence-electron chi connectivity index (χ3n) is 3.78. The van der Waals surface area contributed by atoms with Gasteiger partial charge in [0, 0.05) is 18.3 Å². The Bertz CT molecular complexity index is 949. The molecule has 2 heterocycles. The lowest BCUT2D eigenvalue weighted by atomic mass is 10.1. The van der Waals surface area contributed by atoms with Crippen molar-refractivity contribution in [3.05, 3.63) is 63.7 Å². The van der Waals surface area contributed by atoms with Crippen molar-refractivity contribution in [1.29, 1.82) is 0 Å². The number of nitro groups is 1. The van der Waals surface area contributed by atoms with E-state index in [0.29, 0.717) is 11.1 Å². The van der Waals surface area contributed by atoms with Crippen LogP contribution in [0.3, 0.4) is 0 Å². The van der Waals surface area contributed by atoms with Gasteiger partial charge < -0.3 is 9.84 Å². The Balaban J connectivity index is 1.85. The maximum Gasteiger partial charge on any atom is 0.278 e. The maximum atomic E-state index is 12.5. The zero-order valence-corrected chi connectivity index (χ0v) is 13.7. The molecule has 1 aromatic carbocycles. The number of nitrogens with zero attached hydrogens (tertiary/aromatic N) is 3. The molecule has 8 nitrogen and oxygen atoms in total. The van der Waals surface area contributed by atoms with E-state index in [1.54, 1.807) is 18.2 Å². The van der Waals surface area contributed by atoms with Gasteiger partial charge in [0.05, 0.1) is 33.6 Å². The molecule has 0 radical (unpaired) electrons. The van der Waals surface area contributed by atoms with Crippen LogP contribution in [-0.2, 0) is 6.54 Å². The van der Waals surface area contributed by atoms with Crippen molar-refractivity contribution in [3.63, 3.8) is 0 Å². The molecule has 2 aromatic heterocycles. The van der Waals surface area contributed by atoms with Crippen LogP contribution in [0.5, 0.6) is 0 Å². The minimum atomic E-state index is -0.492. The summed E-state index contributed by atoms with van der Waals surface area (Å²) in [6.45, 7) is 4.16. The number of rotatable bonds is 5. The van der Waals surface area contributed by atoms with Crippen LogP contribution in [0.4, 0.5) is 5.69 Å². The van der Waals surface area contributed by atoms with E-state index >= 15 is 0 Å². The lowest BCUT2D eigenvalue weighted by molar-refractivity contribution is -0.383. The molecule has 0 aliphatic heterocycles. The molecule has 0 atom stereocenters. The molecule has 1 N–H and O–H groups in total. The van der Waals surface area contributed by atoms with Crippen molar-refractivity contribution in [3.8, 4) is 0 Å². The van der Waals surface area contributed by atoms with Crippen molar-refractivity contribution in [1.82, 2.24) is 15.5 Å². The highest BCUT2D eigenvalue weighted by molar-refractivity contribution is 6.07. The summed E-state index contributed by atoms with van der Waals surface area (Å²) < 4.78 is 5.18. The molecular formula is C17H16N4O4.